The molecule has 0 aromatic carbocycles. The number of likely N-dealkylation sites (tertiary alicyclic amines) is 2. The van der Waals surface area contributed by atoms with Gasteiger partial charge < -0.3 is 19.8 Å². The predicted octanol–water partition coefficient (Wildman–Crippen LogP) is 0.642. The Hall–Kier alpha value is -1.30. The topological polar surface area (TPSA) is 64.1 Å². The average molecular weight is 283 g/mol. The van der Waals surface area contributed by atoms with Crippen LogP contribution in [0.1, 0.15) is 13.3 Å². The minimum Gasteiger partial charge on any atom is -0.481 e. The van der Waals surface area contributed by atoms with E-state index in [1.165, 1.54) is 0 Å². The molecule has 114 valence electrons. The second-order valence-corrected chi connectivity index (χ2v) is 6.41. The normalized spacial score (nSPS) is 30.8. The predicted molar refractivity (Wildman–Crippen MR) is 75.5 cm³/mol. The van der Waals surface area contributed by atoms with E-state index in [-0.39, 0.29) is 11.9 Å². The highest BCUT2D eigenvalue weighted by molar-refractivity contribution is 5.77. The summed E-state index contributed by atoms with van der Waals surface area (Å²) < 4.78 is 0. The summed E-state index contributed by atoms with van der Waals surface area (Å²) in [6, 6.07) is -0.0323. The summed E-state index contributed by atoms with van der Waals surface area (Å²) >= 11 is 0. The molecule has 1 unspecified atom stereocenters. The molecule has 2 rings (SSSR count). The molecule has 2 fully saturated rings. The Balaban J connectivity index is 1.86. The summed E-state index contributed by atoms with van der Waals surface area (Å²) in [5.74, 6) is -0.662. The molecule has 0 aromatic heterocycles. The molecule has 2 heterocycles. The SMILES string of the molecule is C[C@@H]1CN(C(=O)N(C)CC2CCN(C)C2)C[C@H]1C(=O)O. The summed E-state index contributed by atoms with van der Waals surface area (Å²) in [7, 11) is 3.92. The van der Waals surface area contributed by atoms with E-state index in [1.807, 2.05) is 14.0 Å². The first-order valence-corrected chi connectivity index (χ1v) is 7.30. The van der Waals surface area contributed by atoms with Gasteiger partial charge in [-0.1, -0.05) is 6.92 Å². The third-order valence-corrected chi connectivity index (χ3v) is 4.55. The molecule has 1 N–H and O–H groups in total. The largest absolute Gasteiger partial charge is 0.481 e. The van der Waals surface area contributed by atoms with E-state index in [4.69, 9.17) is 5.11 Å². The van der Waals surface area contributed by atoms with E-state index in [0.29, 0.717) is 19.0 Å². The van der Waals surface area contributed by atoms with Crippen LogP contribution in [-0.2, 0) is 4.79 Å². The van der Waals surface area contributed by atoms with Crippen molar-refractivity contribution in [2.45, 2.75) is 13.3 Å². The number of aliphatic carboxylic acids is 1. The highest BCUT2D eigenvalue weighted by Crippen LogP contribution is 2.24. The molecule has 0 spiro atoms. The highest BCUT2D eigenvalue weighted by Gasteiger charge is 2.38. The number of hydrogen-bond donors (Lipinski definition) is 1. The summed E-state index contributed by atoms with van der Waals surface area (Å²) in [6.45, 7) is 5.67. The van der Waals surface area contributed by atoms with E-state index in [1.54, 1.807) is 9.80 Å². The zero-order valence-electron chi connectivity index (χ0n) is 12.6. The molecule has 0 radical (unpaired) electrons. The maximum atomic E-state index is 12.4. The zero-order chi connectivity index (χ0) is 14.9. The molecular formula is C14H25N3O3. The molecule has 20 heavy (non-hydrogen) atoms. The van der Waals surface area contributed by atoms with Crippen LogP contribution in [-0.4, -0.2) is 78.6 Å². The smallest absolute Gasteiger partial charge is 0.319 e. The van der Waals surface area contributed by atoms with Gasteiger partial charge in [0.2, 0.25) is 0 Å². The Labute approximate surface area is 120 Å². The van der Waals surface area contributed by atoms with Crippen molar-refractivity contribution >= 4 is 12.0 Å². The number of carbonyl (C=O) groups excluding carboxylic acids is 1. The lowest BCUT2D eigenvalue weighted by atomic mass is 9.99. The third-order valence-electron chi connectivity index (χ3n) is 4.55. The lowest BCUT2D eigenvalue weighted by Crippen LogP contribution is -2.42. The summed E-state index contributed by atoms with van der Waals surface area (Å²) in [4.78, 5) is 29.2. The summed E-state index contributed by atoms with van der Waals surface area (Å²) in [6.07, 6.45) is 1.13. The fourth-order valence-electron chi connectivity index (χ4n) is 3.33. The molecule has 2 saturated heterocycles. The molecule has 0 aromatic rings. The van der Waals surface area contributed by atoms with Gasteiger partial charge >= 0.3 is 12.0 Å². The highest BCUT2D eigenvalue weighted by atomic mass is 16.4. The standard InChI is InChI=1S/C14H25N3O3/c1-10-6-17(9-12(10)13(18)19)14(20)16(3)8-11-4-5-15(2)7-11/h10-12H,4-9H2,1-3H3,(H,18,19)/t10-,11?,12-/m1/s1. The average Bonchev–Trinajstić information content (AvgIpc) is 2.94. The van der Waals surface area contributed by atoms with Gasteiger partial charge in [-0.3, -0.25) is 4.79 Å². The maximum Gasteiger partial charge on any atom is 0.319 e. The first-order chi connectivity index (χ1) is 9.38. The maximum absolute atomic E-state index is 12.4. The van der Waals surface area contributed by atoms with Gasteiger partial charge in [0.05, 0.1) is 5.92 Å². The van der Waals surface area contributed by atoms with Crippen LogP contribution in [0, 0.1) is 17.8 Å². The first-order valence-electron chi connectivity index (χ1n) is 7.30. The van der Waals surface area contributed by atoms with Gasteiger partial charge in [0.1, 0.15) is 0 Å². The summed E-state index contributed by atoms with van der Waals surface area (Å²) in [5.41, 5.74) is 0. The van der Waals surface area contributed by atoms with Gasteiger partial charge in [-0.15, -0.1) is 0 Å². The van der Waals surface area contributed by atoms with E-state index < -0.39 is 11.9 Å². The Bertz CT molecular complexity index is 388. The van der Waals surface area contributed by atoms with E-state index >= 15 is 0 Å². The van der Waals surface area contributed by atoms with Gasteiger partial charge in [0.15, 0.2) is 0 Å². The van der Waals surface area contributed by atoms with Crippen molar-refractivity contribution in [3.05, 3.63) is 0 Å². The molecule has 0 aliphatic carbocycles. The number of urea groups is 1. The molecule has 2 amide bonds. The number of carboxylic acids is 1. The van der Waals surface area contributed by atoms with E-state index in [9.17, 15) is 9.59 Å². The van der Waals surface area contributed by atoms with Gasteiger partial charge in [-0.2, -0.15) is 0 Å². The molecule has 3 atom stereocenters. The van der Waals surface area contributed by atoms with Crippen molar-refractivity contribution in [2.24, 2.45) is 17.8 Å². The Morgan fingerprint density at radius 3 is 2.50 bits per heavy atom. The van der Waals surface area contributed by atoms with E-state index in [2.05, 4.69) is 11.9 Å². The first kappa shape index (κ1) is 15.1. The van der Waals surface area contributed by atoms with Crippen molar-refractivity contribution in [2.75, 3.05) is 46.8 Å². The third kappa shape index (κ3) is 3.23. The van der Waals surface area contributed by atoms with Gasteiger partial charge in [0, 0.05) is 33.2 Å². The molecule has 6 nitrogen and oxygen atoms in total. The summed E-state index contributed by atoms with van der Waals surface area (Å²) in [5, 5.41) is 9.12. The molecule has 2 aliphatic rings. The molecule has 6 heteroatoms. The lowest BCUT2D eigenvalue weighted by molar-refractivity contribution is -0.142. The molecule has 0 bridgehead atoms. The van der Waals surface area contributed by atoms with Crippen LogP contribution < -0.4 is 0 Å². The van der Waals surface area contributed by atoms with Crippen LogP contribution in [0.25, 0.3) is 0 Å². The van der Waals surface area contributed by atoms with Gasteiger partial charge in [-0.05, 0) is 31.8 Å². The van der Waals surface area contributed by atoms with Crippen LogP contribution in [0.3, 0.4) is 0 Å². The van der Waals surface area contributed by atoms with Crippen molar-refractivity contribution in [3.8, 4) is 0 Å². The van der Waals surface area contributed by atoms with Crippen molar-refractivity contribution in [3.63, 3.8) is 0 Å². The second kappa shape index (κ2) is 5.99. The number of amides is 2. The number of hydrogen-bond acceptors (Lipinski definition) is 3. The Morgan fingerprint density at radius 2 is 2.00 bits per heavy atom. The number of nitrogens with zero attached hydrogens (tertiary/aromatic N) is 3. The Kier molecular flexibility index (Phi) is 4.52. The number of carboxylic acid groups (broad SMARTS) is 1. The minimum atomic E-state index is -0.798. The fraction of sp³-hybridized carbons (Fsp3) is 0.857. The van der Waals surface area contributed by atoms with Crippen LogP contribution in [0.4, 0.5) is 4.79 Å². The monoisotopic (exact) mass is 283 g/mol. The van der Waals surface area contributed by atoms with Crippen LogP contribution >= 0.6 is 0 Å². The van der Waals surface area contributed by atoms with Crippen molar-refractivity contribution in [1.29, 1.82) is 0 Å². The fourth-order valence-corrected chi connectivity index (χ4v) is 3.33. The van der Waals surface area contributed by atoms with E-state index in [0.717, 1.165) is 26.1 Å². The van der Waals surface area contributed by atoms with Crippen LogP contribution in [0.2, 0.25) is 0 Å². The Morgan fingerprint density at radius 1 is 1.30 bits per heavy atom. The minimum absolute atomic E-state index is 0.0301. The lowest BCUT2D eigenvalue weighted by Gasteiger charge is -2.26. The van der Waals surface area contributed by atoms with Crippen LogP contribution in [0.15, 0.2) is 0 Å². The molecule has 0 saturated carbocycles. The zero-order valence-corrected chi connectivity index (χ0v) is 12.6. The number of rotatable bonds is 3. The molecule has 2 aliphatic heterocycles. The quantitative estimate of drug-likeness (QED) is 0.825. The van der Waals surface area contributed by atoms with Gasteiger partial charge in [-0.25, -0.2) is 4.79 Å². The van der Waals surface area contributed by atoms with Crippen molar-refractivity contribution in [1.82, 2.24) is 14.7 Å². The van der Waals surface area contributed by atoms with Gasteiger partial charge in [0.25, 0.3) is 0 Å². The van der Waals surface area contributed by atoms with Crippen molar-refractivity contribution < 1.29 is 14.7 Å². The number of carbonyl (C=O) groups is 2. The molecular weight excluding hydrogens is 258 g/mol. The second-order valence-electron chi connectivity index (χ2n) is 6.41. The van der Waals surface area contributed by atoms with Crippen LogP contribution in [0.5, 0.6) is 0 Å².